The van der Waals surface area contributed by atoms with E-state index in [4.69, 9.17) is 5.26 Å². The summed E-state index contributed by atoms with van der Waals surface area (Å²) in [6, 6.07) is 1.96. The largest absolute Gasteiger partial charge is 0.354 e. The summed E-state index contributed by atoms with van der Waals surface area (Å²) in [5, 5.41) is 11.6. The van der Waals surface area contributed by atoms with Crippen LogP contribution in [0.15, 0.2) is 0 Å². The molecule has 1 unspecified atom stereocenters. The number of rotatable bonds is 4. The average Bonchev–Trinajstić information content (AvgIpc) is 2.36. The minimum atomic E-state index is -0.539. The van der Waals surface area contributed by atoms with E-state index in [-0.39, 0.29) is 10.7 Å². The molecule has 0 saturated heterocycles. The third-order valence-corrected chi connectivity index (χ3v) is 4.79. The molecular formula is C12H20N2OS. The topological polar surface area (TPSA) is 52.9 Å². The van der Waals surface area contributed by atoms with E-state index < -0.39 is 5.92 Å². The number of nitrogens with one attached hydrogen (secondary N) is 1. The minimum Gasteiger partial charge on any atom is -0.354 e. The van der Waals surface area contributed by atoms with E-state index >= 15 is 0 Å². The van der Waals surface area contributed by atoms with Crippen LogP contribution in [0.3, 0.4) is 0 Å². The van der Waals surface area contributed by atoms with Crippen molar-refractivity contribution in [2.24, 2.45) is 5.92 Å². The fraction of sp³-hybridized carbons (Fsp3) is 0.833. The molecule has 0 spiro atoms. The zero-order valence-electron chi connectivity index (χ0n) is 10.1. The number of amides is 1. The molecule has 0 heterocycles. The highest BCUT2D eigenvalue weighted by molar-refractivity contribution is 8.00. The molecule has 1 amide bonds. The van der Waals surface area contributed by atoms with Gasteiger partial charge in [0.2, 0.25) is 5.91 Å². The van der Waals surface area contributed by atoms with Gasteiger partial charge in [-0.3, -0.25) is 4.79 Å². The van der Waals surface area contributed by atoms with Crippen LogP contribution in [0.2, 0.25) is 0 Å². The monoisotopic (exact) mass is 240 g/mol. The normalized spacial score (nSPS) is 20.8. The maximum atomic E-state index is 11.5. The SMILES string of the molecule is CSC1(CNC(=O)C(C)C#N)CCCCC1. The van der Waals surface area contributed by atoms with Crippen LogP contribution in [0.4, 0.5) is 0 Å². The zero-order chi connectivity index (χ0) is 12.0. The predicted molar refractivity (Wildman–Crippen MR) is 67.1 cm³/mol. The van der Waals surface area contributed by atoms with Crippen LogP contribution < -0.4 is 5.32 Å². The van der Waals surface area contributed by atoms with E-state index in [1.165, 1.54) is 32.1 Å². The van der Waals surface area contributed by atoms with Crippen molar-refractivity contribution >= 4 is 17.7 Å². The third-order valence-electron chi connectivity index (χ3n) is 3.37. The summed E-state index contributed by atoms with van der Waals surface area (Å²) in [4.78, 5) is 11.5. The zero-order valence-corrected chi connectivity index (χ0v) is 10.9. The van der Waals surface area contributed by atoms with Gasteiger partial charge in [-0.05, 0) is 26.0 Å². The number of hydrogen-bond donors (Lipinski definition) is 1. The molecule has 4 heteroatoms. The molecule has 0 aromatic heterocycles. The van der Waals surface area contributed by atoms with Crippen molar-refractivity contribution in [1.82, 2.24) is 5.32 Å². The summed E-state index contributed by atoms with van der Waals surface area (Å²) in [6.45, 7) is 2.35. The Morgan fingerprint density at radius 2 is 2.12 bits per heavy atom. The molecule has 0 aliphatic heterocycles. The van der Waals surface area contributed by atoms with E-state index in [0.717, 1.165) is 0 Å². The molecule has 1 fully saturated rings. The van der Waals surface area contributed by atoms with Crippen molar-refractivity contribution in [3.8, 4) is 6.07 Å². The van der Waals surface area contributed by atoms with Crippen molar-refractivity contribution in [3.63, 3.8) is 0 Å². The molecule has 16 heavy (non-hydrogen) atoms. The van der Waals surface area contributed by atoms with Gasteiger partial charge >= 0.3 is 0 Å². The Morgan fingerprint density at radius 1 is 1.50 bits per heavy atom. The summed E-state index contributed by atoms with van der Waals surface area (Å²) < 4.78 is 0.211. The molecule has 0 radical (unpaired) electrons. The second kappa shape index (κ2) is 6.15. The van der Waals surface area contributed by atoms with Gasteiger partial charge < -0.3 is 5.32 Å². The van der Waals surface area contributed by atoms with Gasteiger partial charge in [0.25, 0.3) is 0 Å². The standard InChI is InChI=1S/C12H20N2OS/c1-10(8-13)11(15)14-9-12(16-2)6-4-3-5-7-12/h10H,3-7,9H2,1-2H3,(H,14,15). The first-order chi connectivity index (χ1) is 7.63. The van der Waals surface area contributed by atoms with Gasteiger partial charge in [0, 0.05) is 11.3 Å². The third kappa shape index (κ3) is 3.41. The van der Waals surface area contributed by atoms with Crippen molar-refractivity contribution < 1.29 is 4.79 Å². The number of nitriles is 1. The van der Waals surface area contributed by atoms with E-state index in [1.54, 1.807) is 6.92 Å². The first-order valence-corrected chi connectivity index (χ1v) is 7.08. The number of carbonyl (C=O) groups excluding carboxylic acids is 1. The Kier molecular flexibility index (Phi) is 5.14. The number of thioether (sulfide) groups is 1. The van der Waals surface area contributed by atoms with Crippen LogP contribution in [0, 0.1) is 17.2 Å². The predicted octanol–water partition coefficient (Wildman–Crippen LogP) is 2.33. The summed E-state index contributed by atoms with van der Waals surface area (Å²) in [7, 11) is 0. The second-order valence-electron chi connectivity index (χ2n) is 4.52. The quantitative estimate of drug-likeness (QED) is 0.820. The smallest absolute Gasteiger partial charge is 0.237 e. The molecule has 1 aliphatic carbocycles. The van der Waals surface area contributed by atoms with Crippen LogP contribution in [-0.2, 0) is 4.79 Å². The lowest BCUT2D eigenvalue weighted by molar-refractivity contribution is -0.123. The van der Waals surface area contributed by atoms with Crippen LogP contribution in [-0.4, -0.2) is 23.5 Å². The first-order valence-electron chi connectivity index (χ1n) is 5.86. The maximum absolute atomic E-state index is 11.5. The molecule has 0 aromatic carbocycles. The minimum absolute atomic E-state index is 0.138. The van der Waals surface area contributed by atoms with Crippen LogP contribution in [0.25, 0.3) is 0 Å². The Morgan fingerprint density at radius 3 is 2.62 bits per heavy atom. The lowest BCUT2D eigenvalue weighted by Crippen LogP contribution is -2.43. The van der Waals surface area contributed by atoms with Gasteiger partial charge in [0.1, 0.15) is 5.92 Å². The Bertz CT molecular complexity index is 279. The van der Waals surface area contributed by atoms with Gasteiger partial charge in [0.15, 0.2) is 0 Å². The van der Waals surface area contributed by atoms with E-state index in [2.05, 4.69) is 11.6 Å². The number of nitrogens with zero attached hydrogens (tertiary/aromatic N) is 1. The molecule has 1 rings (SSSR count). The van der Waals surface area contributed by atoms with Gasteiger partial charge in [-0.15, -0.1) is 0 Å². The first kappa shape index (κ1) is 13.4. The second-order valence-corrected chi connectivity index (χ2v) is 5.79. The van der Waals surface area contributed by atoms with E-state index in [0.29, 0.717) is 6.54 Å². The molecule has 1 aliphatic rings. The van der Waals surface area contributed by atoms with Crippen LogP contribution in [0.1, 0.15) is 39.0 Å². The van der Waals surface area contributed by atoms with Gasteiger partial charge in [-0.25, -0.2) is 0 Å². The molecule has 1 atom stereocenters. The summed E-state index contributed by atoms with van der Waals surface area (Å²) in [5.74, 6) is -0.677. The molecule has 1 N–H and O–H groups in total. The number of hydrogen-bond acceptors (Lipinski definition) is 3. The van der Waals surface area contributed by atoms with Crippen LogP contribution in [0.5, 0.6) is 0 Å². The molecule has 0 bridgehead atoms. The van der Waals surface area contributed by atoms with Gasteiger partial charge in [-0.1, -0.05) is 19.3 Å². The van der Waals surface area contributed by atoms with Gasteiger partial charge in [-0.2, -0.15) is 17.0 Å². The molecule has 0 aromatic rings. The summed E-state index contributed by atoms with van der Waals surface area (Å²) in [5.41, 5.74) is 0. The Hall–Kier alpha value is -0.690. The van der Waals surface area contributed by atoms with E-state index in [1.807, 2.05) is 17.8 Å². The Labute approximate surface area is 102 Å². The molecule has 3 nitrogen and oxygen atoms in total. The molecule has 90 valence electrons. The maximum Gasteiger partial charge on any atom is 0.237 e. The highest BCUT2D eigenvalue weighted by atomic mass is 32.2. The molecule has 1 saturated carbocycles. The van der Waals surface area contributed by atoms with Crippen LogP contribution >= 0.6 is 11.8 Å². The summed E-state index contributed by atoms with van der Waals surface area (Å²) in [6.07, 6.45) is 8.29. The van der Waals surface area contributed by atoms with Crippen molar-refractivity contribution in [3.05, 3.63) is 0 Å². The fourth-order valence-electron chi connectivity index (χ4n) is 2.11. The number of carbonyl (C=O) groups is 1. The van der Waals surface area contributed by atoms with Crippen molar-refractivity contribution in [2.45, 2.75) is 43.8 Å². The van der Waals surface area contributed by atoms with Gasteiger partial charge in [0.05, 0.1) is 6.07 Å². The average molecular weight is 240 g/mol. The fourth-order valence-corrected chi connectivity index (χ4v) is 3.02. The lowest BCUT2D eigenvalue weighted by atomic mass is 9.88. The summed E-state index contributed by atoms with van der Waals surface area (Å²) >= 11 is 1.86. The lowest BCUT2D eigenvalue weighted by Gasteiger charge is -2.35. The molecular weight excluding hydrogens is 220 g/mol. The van der Waals surface area contributed by atoms with Crippen molar-refractivity contribution in [2.75, 3.05) is 12.8 Å². The Balaban J connectivity index is 2.45. The highest BCUT2D eigenvalue weighted by Crippen LogP contribution is 2.37. The van der Waals surface area contributed by atoms with Crippen molar-refractivity contribution in [1.29, 1.82) is 5.26 Å². The highest BCUT2D eigenvalue weighted by Gasteiger charge is 2.31. The van der Waals surface area contributed by atoms with E-state index in [9.17, 15) is 4.79 Å².